The quantitative estimate of drug-likeness (QED) is 0.419. The molecule has 0 bridgehead atoms. The number of rotatable bonds is 4. The SMILES string of the molecule is Cc1cc(=O)c(C(=O)Nc2nc(-c3ccccc3F)cs2)nn1-c1cccc(C(F)(F)F)c1. The highest BCUT2D eigenvalue weighted by Gasteiger charge is 2.30. The molecule has 0 spiro atoms. The first kappa shape index (κ1) is 22.3. The Morgan fingerprint density at radius 2 is 1.85 bits per heavy atom. The lowest BCUT2D eigenvalue weighted by Gasteiger charge is -2.13. The van der Waals surface area contributed by atoms with Crippen LogP contribution in [0.3, 0.4) is 0 Å². The van der Waals surface area contributed by atoms with Crippen molar-refractivity contribution in [1.29, 1.82) is 0 Å². The van der Waals surface area contributed by atoms with Crippen molar-refractivity contribution in [3.8, 4) is 16.9 Å². The van der Waals surface area contributed by atoms with Crippen molar-refractivity contribution in [2.24, 2.45) is 0 Å². The average molecular weight is 474 g/mol. The zero-order valence-corrected chi connectivity index (χ0v) is 17.7. The molecule has 0 saturated carbocycles. The fourth-order valence-corrected chi connectivity index (χ4v) is 3.77. The summed E-state index contributed by atoms with van der Waals surface area (Å²) in [5, 5.41) is 8.06. The van der Waals surface area contributed by atoms with Gasteiger partial charge in [-0.1, -0.05) is 18.2 Å². The van der Waals surface area contributed by atoms with Gasteiger partial charge in [0.25, 0.3) is 5.91 Å². The third-order valence-corrected chi connectivity index (χ3v) is 5.37. The topological polar surface area (TPSA) is 76.9 Å². The number of alkyl halides is 3. The van der Waals surface area contributed by atoms with E-state index in [4.69, 9.17) is 0 Å². The highest BCUT2D eigenvalue weighted by molar-refractivity contribution is 7.14. The maximum atomic E-state index is 14.0. The fraction of sp³-hybridized carbons (Fsp3) is 0.0909. The van der Waals surface area contributed by atoms with Crippen LogP contribution in [0.5, 0.6) is 0 Å². The Hall–Kier alpha value is -3.86. The van der Waals surface area contributed by atoms with Crippen molar-refractivity contribution in [2.45, 2.75) is 13.1 Å². The number of aryl methyl sites for hydroxylation is 1. The number of carbonyl (C=O) groups excluding carboxylic acids is 1. The number of nitrogens with one attached hydrogen (secondary N) is 1. The predicted octanol–water partition coefficient (Wildman–Crippen LogP) is 5.07. The summed E-state index contributed by atoms with van der Waals surface area (Å²) in [7, 11) is 0. The summed E-state index contributed by atoms with van der Waals surface area (Å²) >= 11 is 1.02. The third kappa shape index (κ3) is 4.67. The number of amides is 1. The van der Waals surface area contributed by atoms with E-state index in [1.54, 1.807) is 6.07 Å². The molecule has 0 saturated heterocycles. The van der Waals surface area contributed by atoms with Gasteiger partial charge in [-0.05, 0) is 37.3 Å². The second-order valence-electron chi connectivity index (χ2n) is 6.93. The highest BCUT2D eigenvalue weighted by atomic mass is 32.1. The van der Waals surface area contributed by atoms with Gasteiger partial charge in [0.2, 0.25) is 5.43 Å². The van der Waals surface area contributed by atoms with E-state index in [-0.39, 0.29) is 22.1 Å². The van der Waals surface area contributed by atoms with Gasteiger partial charge in [-0.2, -0.15) is 18.3 Å². The molecule has 1 N–H and O–H groups in total. The molecule has 11 heteroatoms. The van der Waals surface area contributed by atoms with Gasteiger partial charge in [0, 0.05) is 22.7 Å². The molecule has 33 heavy (non-hydrogen) atoms. The lowest BCUT2D eigenvalue weighted by molar-refractivity contribution is -0.137. The smallest absolute Gasteiger partial charge is 0.296 e. The number of nitrogens with zero attached hydrogens (tertiary/aromatic N) is 3. The van der Waals surface area contributed by atoms with Gasteiger partial charge in [0.15, 0.2) is 10.8 Å². The number of anilines is 1. The minimum Gasteiger partial charge on any atom is -0.296 e. The number of halogens is 4. The van der Waals surface area contributed by atoms with Crippen LogP contribution in [0.15, 0.2) is 64.8 Å². The Labute approximate surface area is 188 Å². The number of carbonyl (C=O) groups is 1. The first-order valence-corrected chi connectivity index (χ1v) is 10.3. The molecule has 168 valence electrons. The lowest BCUT2D eigenvalue weighted by Crippen LogP contribution is -2.27. The van der Waals surface area contributed by atoms with E-state index in [1.165, 1.54) is 42.6 Å². The van der Waals surface area contributed by atoms with E-state index in [2.05, 4.69) is 15.4 Å². The number of hydrogen-bond donors (Lipinski definition) is 1. The second-order valence-corrected chi connectivity index (χ2v) is 7.79. The lowest BCUT2D eigenvalue weighted by atomic mass is 10.2. The van der Waals surface area contributed by atoms with Crippen molar-refractivity contribution >= 4 is 22.4 Å². The number of aromatic nitrogens is 3. The van der Waals surface area contributed by atoms with E-state index in [0.717, 1.165) is 34.2 Å². The van der Waals surface area contributed by atoms with Crippen LogP contribution in [0, 0.1) is 12.7 Å². The molecule has 0 unspecified atom stereocenters. The van der Waals surface area contributed by atoms with Crippen LogP contribution in [0.1, 0.15) is 21.7 Å². The Balaban J connectivity index is 1.65. The Bertz CT molecular complexity index is 1410. The van der Waals surface area contributed by atoms with Crippen LogP contribution in [0.4, 0.5) is 22.7 Å². The molecule has 0 aliphatic heterocycles. The van der Waals surface area contributed by atoms with Crippen molar-refractivity contribution in [1.82, 2.24) is 14.8 Å². The molecule has 2 heterocycles. The Morgan fingerprint density at radius 1 is 1.09 bits per heavy atom. The molecular formula is C22H14F4N4O2S. The largest absolute Gasteiger partial charge is 0.416 e. The van der Waals surface area contributed by atoms with Gasteiger partial charge < -0.3 is 0 Å². The van der Waals surface area contributed by atoms with Crippen LogP contribution in [-0.4, -0.2) is 20.7 Å². The summed E-state index contributed by atoms with van der Waals surface area (Å²) in [4.78, 5) is 29.2. The van der Waals surface area contributed by atoms with Crippen molar-refractivity contribution < 1.29 is 22.4 Å². The summed E-state index contributed by atoms with van der Waals surface area (Å²) < 4.78 is 54.3. The summed E-state index contributed by atoms with van der Waals surface area (Å²) in [5.41, 5.74) is -1.31. The van der Waals surface area contributed by atoms with Crippen LogP contribution in [0.25, 0.3) is 16.9 Å². The number of thiazole rings is 1. The summed E-state index contributed by atoms with van der Waals surface area (Å²) in [6, 6.07) is 11.5. The number of benzene rings is 2. The second kappa shape index (κ2) is 8.58. The molecule has 0 atom stereocenters. The molecule has 4 rings (SSSR count). The first-order valence-electron chi connectivity index (χ1n) is 9.44. The summed E-state index contributed by atoms with van der Waals surface area (Å²) in [5.74, 6) is -1.37. The molecule has 0 radical (unpaired) electrons. The monoisotopic (exact) mass is 474 g/mol. The van der Waals surface area contributed by atoms with Crippen molar-refractivity contribution in [3.63, 3.8) is 0 Å². The maximum absolute atomic E-state index is 14.0. The fourth-order valence-electron chi connectivity index (χ4n) is 3.06. The zero-order valence-electron chi connectivity index (χ0n) is 16.9. The normalized spacial score (nSPS) is 11.4. The molecule has 0 fully saturated rings. The molecule has 0 aliphatic carbocycles. The van der Waals surface area contributed by atoms with E-state index < -0.39 is 34.6 Å². The standard InChI is InChI=1S/C22H14F4N4O2S/c1-12-9-18(31)19(29-30(12)14-6-4-5-13(10-14)22(24,25)26)20(32)28-21-27-17(11-33-21)15-7-2-3-8-16(15)23/h2-11H,1H3,(H,27,28,32). The van der Waals surface area contributed by atoms with E-state index in [1.807, 2.05) is 0 Å². The predicted molar refractivity (Wildman–Crippen MR) is 115 cm³/mol. The Morgan fingerprint density at radius 3 is 2.58 bits per heavy atom. The minimum absolute atomic E-state index is 0.0347. The van der Waals surface area contributed by atoms with E-state index in [9.17, 15) is 27.2 Å². The molecular weight excluding hydrogens is 460 g/mol. The third-order valence-electron chi connectivity index (χ3n) is 4.62. The van der Waals surface area contributed by atoms with Crippen LogP contribution >= 0.6 is 11.3 Å². The van der Waals surface area contributed by atoms with Crippen LogP contribution < -0.4 is 10.7 Å². The van der Waals surface area contributed by atoms with Crippen LogP contribution in [0.2, 0.25) is 0 Å². The van der Waals surface area contributed by atoms with Crippen molar-refractivity contribution in [2.75, 3.05) is 5.32 Å². The van der Waals surface area contributed by atoms with Gasteiger partial charge in [-0.25, -0.2) is 14.1 Å². The average Bonchev–Trinajstić information content (AvgIpc) is 3.21. The number of hydrogen-bond acceptors (Lipinski definition) is 5. The molecule has 0 aliphatic rings. The van der Waals surface area contributed by atoms with Gasteiger partial charge in [-0.3, -0.25) is 14.9 Å². The minimum atomic E-state index is -4.57. The molecule has 2 aromatic carbocycles. The molecule has 4 aromatic rings. The van der Waals surface area contributed by atoms with Gasteiger partial charge in [0.1, 0.15) is 5.82 Å². The van der Waals surface area contributed by atoms with Crippen LogP contribution in [-0.2, 0) is 6.18 Å². The summed E-state index contributed by atoms with van der Waals surface area (Å²) in [6.45, 7) is 1.48. The van der Waals surface area contributed by atoms with Gasteiger partial charge in [-0.15, -0.1) is 11.3 Å². The zero-order chi connectivity index (χ0) is 23.8. The Kier molecular flexibility index (Phi) is 5.81. The first-order chi connectivity index (χ1) is 15.6. The van der Waals surface area contributed by atoms with Gasteiger partial charge in [0.05, 0.1) is 16.9 Å². The molecule has 2 aromatic heterocycles. The van der Waals surface area contributed by atoms with E-state index in [0.29, 0.717) is 5.69 Å². The van der Waals surface area contributed by atoms with Gasteiger partial charge >= 0.3 is 6.18 Å². The van der Waals surface area contributed by atoms with Crippen molar-refractivity contribution in [3.05, 3.63) is 93.0 Å². The van der Waals surface area contributed by atoms with E-state index >= 15 is 0 Å². The molecule has 6 nitrogen and oxygen atoms in total. The summed E-state index contributed by atoms with van der Waals surface area (Å²) in [6.07, 6.45) is -4.57. The maximum Gasteiger partial charge on any atom is 0.416 e. The molecule has 1 amide bonds. The highest BCUT2D eigenvalue weighted by Crippen LogP contribution is 2.30.